The number of carbonyl (C=O) groups is 1. The van der Waals surface area contributed by atoms with Gasteiger partial charge in [-0.3, -0.25) is 14.5 Å². The van der Waals surface area contributed by atoms with Crippen LogP contribution in [0.15, 0.2) is 60.7 Å². The van der Waals surface area contributed by atoms with Crippen molar-refractivity contribution in [3.63, 3.8) is 0 Å². The summed E-state index contributed by atoms with van der Waals surface area (Å²) in [5.74, 6) is 0. The summed E-state index contributed by atoms with van der Waals surface area (Å²) >= 11 is 0. The van der Waals surface area contributed by atoms with Crippen molar-refractivity contribution in [1.29, 1.82) is 0 Å². The molecule has 0 aromatic heterocycles. The van der Waals surface area contributed by atoms with Gasteiger partial charge in [-0.05, 0) is 11.1 Å². The van der Waals surface area contributed by atoms with Gasteiger partial charge in [-0.1, -0.05) is 77.2 Å². The normalized spacial score (nSPS) is 14.5. The Morgan fingerprint density at radius 2 is 1.10 bits per heavy atom. The second kappa shape index (κ2) is 32.9. The van der Waals surface area contributed by atoms with E-state index in [-0.39, 0.29) is 46.1 Å². The molecule has 0 aliphatic carbocycles. The molecule has 49 heavy (non-hydrogen) atoms. The second-order valence-electron chi connectivity index (χ2n) is 10.1. The lowest BCUT2D eigenvalue weighted by Gasteiger charge is -2.26. The third-order valence-electron chi connectivity index (χ3n) is 6.26. The first-order valence-corrected chi connectivity index (χ1v) is 18.7. The lowest BCUT2D eigenvalue weighted by Crippen LogP contribution is -2.44. The van der Waals surface area contributed by atoms with Crippen molar-refractivity contribution >= 4 is 22.0 Å². The van der Waals surface area contributed by atoms with E-state index in [1.54, 1.807) is 6.66 Å². The molecular formula is C32H58N2O13P2+2. The van der Waals surface area contributed by atoms with Crippen LogP contribution >= 0.6 is 15.6 Å². The Hall–Kier alpha value is -2.33. The zero-order valence-corrected chi connectivity index (χ0v) is 29.7. The van der Waals surface area contributed by atoms with Crippen LogP contribution in [-0.2, 0) is 36.8 Å². The van der Waals surface area contributed by atoms with Crippen molar-refractivity contribution in [3.05, 3.63) is 71.8 Å². The van der Waals surface area contributed by atoms with E-state index in [4.69, 9.17) is 19.9 Å². The molecule has 15 nitrogen and oxygen atoms in total. The lowest BCUT2D eigenvalue weighted by atomic mass is 10.1. The number of amides is 1. The van der Waals surface area contributed by atoms with Crippen LogP contribution in [0.2, 0.25) is 0 Å². The smallest absolute Gasteiger partial charge is 0.335 e. The molecule has 282 valence electrons. The fraction of sp³-hybridized carbons (Fsp3) is 0.594. The minimum Gasteiger partial charge on any atom is -0.400 e. The molecule has 0 saturated carbocycles. The van der Waals surface area contributed by atoms with Gasteiger partial charge in [-0.25, -0.2) is 5.06 Å². The molecule has 0 saturated heterocycles. The number of hydrogen-bond donors (Lipinski definition) is 9. The van der Waals surface area contributed by atoms with E-state index < -0.39 is 52.2 Å². The Bertz CT molecular complexity index is 1080. The van der Waals surface area contributed by atoms with Gasteiger partial charge in [0.2, 0.25) is 6.41 Å². The van der Waals surface area contributed by atoms with Gasteiger partial charge in [0.05, 0.1) is 31.5 Å². The predicted octanol–water partition coefficient (Wildman–Crippen LogP) is 0.998. The molecule has 0 aliphatic rings. The predicted molar refractivity (Wildman–Crippen MR) is 188 cm³/mol. The fourth-order valence-corrected chi connectivity index (χ4v) is 4.86. The van der Waals surface area contributed by atoms with Crippen molar-refractivity contribution in [1.82, 2.24) is 10.5 Å². The highest BCUT2D eigenvalue weighted by atomic mass is 31.1. The van der Waals surface area contributed by atoms with Gasteiger partial charge in [0, 0.05) is 33.6 Å². The third kappa shape index (κ3) is 26.2. The zero-order valence-electron chi connectivity index (χ0n) is 27.9. The van der Waals surface area contributed by atoms with Crippen LogP contribution in [0.1, 0.15) is 31.4 Å². The van der Waals surface area contributed by atoms with Gasteiger partial charge in [0.15, 0.2) is 0 Å². The number of benzene rings is 2. The third-order valence-corrected chi connectivity index (χ3v) is 8.03. The van der Waals surface area contributed by atoms with Gasteiger partial charge in [-0.15, -0.1) is 0 Å². The van der Waals surface area contributed by atoms with E-state index in [1.165, 1.54) is 6.66 Å². The highest BCUT2D eigenvalue weighted by molar-refractivity contribution is 7.43. The number of carbonyl (C=O) groups excluding carboxylic acids is 1. The molecule has 2 unspecified atom stereocenters. The summed E-state index contributed by atoms with van der Waals surface area (Å²) in [6.07, 6.45) is -6.34. The SMILES string of the molecule is C.CO.CO.C[P+](=O)CC[C@@H](O)[C@@H](O)[C@@H](O)CN(C=O)OCc1ccccc1.C[P+](=O)CC[C@@H](O)[C@@H](O)[C@@H](O)CNOCc1ccccc1. The first kappa shape index (κ1) is 51.0. The van der Waals surface area contributed by atoms with Crippen LogP contribution in [-0.4, -0.2) is 142 Å². The Labute approximate surface area is 291 Å². The van der Waals surface area contributed by atoms with Crippen LogP contribution in [0.25, 0.3) is 0 Å². The molecule has 1 amide bonds. The molecule has 2 aromatic rings. The van der Waals surface area contributed by atoms with E-state index in [1.807, 2.05) is 60.7 Å². The van der Waals surface area contributed by atoms with Crippen LogP contribution in [0.4, 0.5) is 0 Å². The van der Waals surface area contributed by atoms with Gasteiger partial charge < -0.3 is 40.9 Å². The highest BCUT2D eigenvalue weighted by Gasteiger charge is 2.28. The molecule has 17 heteroatoms. The van der Waals surface area contributed by atoms with Gasteiger partial charge in [0.1, 0.15) is 50.6 Å². The van der Waals surface area contributed by atoms with Crippen molar-refractivity contribution in [3.8, 4) is 0 Å². The van der Waals surface area contributed by atoms with Crippen LogP contribution < -0.4 is 5.48 Å². The lowest BCUT2D eigenvalue weighted by molar-refractivity contribution is -0.192. The van der Waals surface area contributed by atoms with E-state index in [0.717, 1.165) is 30.4 Å². The minimum absolute atomic E-state index is 0. The molecule has 8 atom stereocenters. The summed E-state index contributed by atoms with van der Waals surface area (Å²) < 4.78 is 21.9. The quantitative estimate of drug-likeness (QED) is 0.0375. The molecule has 2 aromatic carbocycles. The van der Waals surface area contributed by atoms with Crippen LogP contribution in [0.3, 0.4) is 0 Å². The molecule has 9 N–H and O–H groups in total. The fourth-order valence-electron chi connectivity index (χ4n) is 3.61. The molecule has 0 radical (unpaired) electrons. The summed E-state index contributed by atoms with van der Waals surface area (Å²) in [6, 6.07) is 18.7. The Morgan fingerprint density at radius 3 is 1.51 bits per heavy atom. The molecule has 0 heterocycles. The molecule has 0 aliphatic heterocycles. The van der Waals surface area contributed by atoms with E-state index in [9.17, 15) is 44.6 Å². The second-order valence-corrected chi connectivity index (χ2v) is 13.5. The topological polar surface area (TPSA) is 247 Å². The first-order chi connectivity index (χ1) is 22.9. The Morgan fingerprint density at radius 1 is 0.694 bits per heavy atom. The summed E-state index contributed by atoms with van der Waals surface area (Å²) in [5, 5.41) is 73.5. The Kier molecular flexibility index (Phi) is 34.2. The van der Waals surface area contributed by atoms with Gasteiger partial charge in [0.25, 0.3) is 0 Å². The van der Waals surface area contributed by atoms with E-state index in [2.05, 4.69) is 5.48 Å². The number of nitrogens with zero attached hydrogens (tertiary/aromatic N) is 1. The molecule has 0 bridgehead atoms. The first-order valence-electron chi connectivity index (χ1n) is 15.0. The van der Waals surface area contributed by atoms with Crippen molar-refractivity contribution in [2.75, 3.05) is 53.0 Å². The highest BCUT2D eigenvalue weighted by Crippen LogP contribution is 2.19. The number of aliphatic hydroxyl groups is 8. The van der Waals surface area contributed by atoms with E-state index in [0.29, 0.717) is 19.2 Å². The molecular weight excluding hydrogens is 682 g/mol. The van der Waals surface area contributed by atoms with E-state index >= 15 is 0 Å². The number of hydroxylamine groups is 3. The summed E-state index contributed by atoms with van der Waals surface area (Å²) in [4.78, 5) is 21.4. The number of hydrogen-bond acceptors (Lipinski definition) is 14. The van der Waals surface area contributed by atoms with Crippen molar-refractivity contribution in [2.45, 2.75) is 70.1 Å². The van der Waals surface area contributed by atoms with Gasteiger partial charge in [-0.2, -0.15) is 5.48 Å². The number of aliphatic hydroxyl groups excluding tert-OH is 8. The number of nitrogens with one attached hydrogen (secondary N) is 1. The summed E-state index contributed by atoms with van der Waals surface area (Å²) in [5.41, 5.74) is 4.38. The van der Waals surface area contributed by atoms with Crippen LogP contribution in [0.5, 0.6) is 0 Å². The van der Waals surface area contributed by atoms with Gasteiger partial charge >= 0.3 is 15.6 Å². The average Bonchev–Trinajstić information content (AvgIpc) is 3.11. The molecule has 0 spiro atoms. The maximum atomic E-state index is 11.0. The minimum atomic E-state index is -1.45. The summed E-state index contributed by atoms with van der Waals surface area (Å²) in [6.45, 7) is 3.26. The monoisotopic (exact) mass is 740 g/mol. The summed E-state index contributed by atoms with van der Waals surface area (Å²) in [7, 11) is -0.782. The molecule has 0 fully saturated rings. The number of rotatable bonds is 21. The van der Waals surface area contributed by atoms with Crippen LogP contribution in [0, 0.1) is 0 Å². The maximum Gasteiger partial charge on any atom is 0.335 e. The average molecular weight is 741 g/mol. The van der Waals surface area contributed by atoms with Crippen molar-refractivity contribution < 1.29 is 64.5 Å². The maximum absolute atomic E-state index is 11.0. The zero-order chi connectivity index (χ0) is 36.9. The van der Waals surface area contributed by atoms with Crippen molar-refractivity contribution in [2.24, 2.45) is 0 Å². The molecule has 2 rings (SSSR count). The largest absolute Gasteiger partial charge is 0.400 e. The Balaban J connectivity index is -0.000000771. The standard InChI is InChI=1S/C15H23NO6P.C14H23NO5P.2CH4O.CH4/c1-23(21)8-7-13(18)15(20)14(19)9-16(11-17)22-10-12-5-3-2-4-6-12;1-21(19)8-7-12(16)14(18)13(17)9-15-20-10-11-5-3-2-4-6-11;2*1-2;/h2-6,11,13-15,18-20H,7-10H2,1H3;2-6,12-18H,7-10H2,1H3;2*2H,1H3;1H4/q2*+1;;;/t13-,14+,15-;12-,13+,14-;;;/m11.../s1.